The standard InChI is InChI=1S/C13H23NO5/c1-12(2,3)9(10(16)17)8(7-15)14-11(18)19-13(4,5)6/h7-9H,1-6H3,(H,14,18)(H,16,17)/t8-,9?/m1/s1. The summed E-state index contributed by atoms with van der Waals surface area (Å²) in [4.78, 5) is 33.9. The molecule has 110 valence electrons. The number of rotatable bonds is 4. The first kappa shape index (κ1) is 17.4. The van der Waals surface area contributed by atoms with E-state index in [1.54, 1.807) is 41.5 Å². The van der Waals surface area contributed by atoms with Gasteiger partial charge in [-0.1, -0.05) is 20.8 Å². The van der Waals surface area contributed by atoms with Crippen molar-refractivity contribution in [3.05, 3.63) is 0 Å². The van der Waals surface area contributed by atoms with Crippen LogP contribution in [0.3, 0.4) is 0 Å². The van der Waals surface area contributed by atoms with Gasteiger partial charge in [0.25, 0.3) is 0 Å². The molecular weight excluding hydrogens is 250 g/mol. The zero-order chi connectivity index (χ0) is 15.4. The summed E-state index contributed by atoms with van der Waals surface area (Å²) in [5, 5.41) is 11.5. The number of nitrogens with one attached hydrogen (secondary N) is 1. The molecule has 0 heterocycles. The van der Waals surface area contributed by atoms with Crippen LogP contribution in [0.4, 0.5) is 4.79 Å². The van der Waals surface area contributed by atoms with Crippen LogP contribution in [0.1, 0.15) is 41.5 Å². The summed E-state index contributed by atoms with van der Waals surface area (Å²) in [7, 11) is 0. The van der Waals surface area contributed by atoms with E-state index in [-0.39, 0.29) is 0 Å². The third-order valence-electron chi connectivity index (χ3n) is 2.39. The Morgan fingerprint density at radius 2 is 1.63 bits per heavy atom. The van der Waals surface area contributed by atoms with Gasteiger partial charge in [-0.15, -0.1) is 0 Å². The topological polar surface area (TPSA) is 92.7 Å². The molecule has 0 saturated carbocycles. The zero-order valence-electron chi connectivity index (χ0n) is 12.3. The number of hydrogen-bond donors (Lipinski definition) is 2. The van der Waals surface area contributed by atoms with Gasteiger partial charge >= 0.3 is 12.1 Å². The van der Waals surface area contributed by atoms with Crippen LogP contribution >= 0.6 is 0 Å². The van der Waals surface area contributed by atoms with Crippen LogP contribution in [0.2, 0.25) is 0 Å². The third-order valence-corrected chi connectivity index (χ3v) is 2.39. The Hall–Kier alpha value is -1.59. The van der Waals surface area contributed by atoms with Crippen molar-refractivity contribution in [3.8, 4) is 0 Å². The molecule has 0 radical (unpaired) electrons. The fourth-order valence-electron chi connectivity index (χ4n) is 1.70. The summed E-state index contributed by atoms with van der Waals surface area (Å²) in [6.45, 7) is 10.1. The second-order valence-electron chi connectivity index (χ2n) is 6.49. The van der Waals surface area contributed by atoms with Gasteiger partial charge in [0.15, 0.2) is 0 Å². The van der Waals surface area contributed by atoms with Crippen molar-refractivity contribution in [1.82, 2.24) is 5.32 Å². The Morgan fingerprint density at radius 1 is 1.16 bits per heavy atom. The number of carbonyl (C=O) groups is 3. The molecule has 0 aromatic carbocycles. The van der Waals surface area contributed by atoms with Gasteiger partial charge in [0.05, 0.1) is 5.92 Å². The average molecular weight is 273 g/mol. The molecule has 2 atom stereocenters. The van der Waals surface area contributed by atoms with Crippen molar-refractivity contribution < 1.29 is 24.2 Å². The molecule has 0 bridgehead atoms. The average Bonchev–Trinajstić information content (AvgIpc) is 2.10. The predicted molar refractivity (Wildman–Crippen MR) is 69.8 cm³/mol. The molecule has 0 aromatic rings. The van der Waals surface area contributed by atoms with Gasteiger partial charge in [-0.3, -0.25) is 4.79 Å². The highest BCUT2D eigenvalue weighted by Gasteiger charge is 2.39. The maximum Gasteiger partial charge on any atom is 0.408 e. The lowest BCUT2D eigenvalue weighted by atomic mass is 9.76. The minimum Gasteiger partial charge on any atom is -0.481 e. The Kier molecular flexibility index (Phi) is 5.53. The van der Waals surface area contributed by atoms with E-state index in [2.05, 4.69) is 5.32 Å². The minimum atomic E-state index is -1.14. The first-order valence-corrected chi connectivity index (χ1v) is 6.06. The number of carboxylic acid groups (broad SMARTS) is 1. The molecule has 1 amide bonds. The molecule has 0 aliphatic rings. The Balaban J connectivity index is 4.96. The molecule has 0 saturated heterocycles. The summed E-state index contributed by atoms with van der Waals surface area (Å²) in [5.41, 5.74) is -1.38. The molecular formula is C13H23NO5. The van der Waals surface area contributed by atoms with Gasteiger partial charge < -0.3 is 20.0 Å². The minimum absolute atomic E-state index is 0.425. The molecule has 0 fully saturated rings. The van der Waals surface area contributed by atoms with E-state index >= 15 is 0 Å². The summed E-state index contributed by atoms with van der Waals surface area (Å²) < 4.78 is 5.01. The maximum absolute atomic E-state index is 11.6. The smallest absolute Gasteiger partial charge is 0.408 e. The van der Waals surface area contributed by atoms with Gasteiger partial charge in [-0.25, -0.2) is 4.79 Å². The molecule has 2 N–H and O–H groups in total. The van der Waals surface area contributed by atoms with E-state index in [1.165, 1.54) is 0 Å². The molecule has 0 aliphatic carbocycles. The molecule has 6 nitrogen and oxygen atoms in total. The fraction of sp³-hybridized carbons (Fsp3) is 0.769. The quantitative estimate of drug-likeness (QED) is 0.762. The van der Waals surface area contributed by atoms with E-state index < -0.39 is 35.0 Å². The normalized spacial score (nSPS) is 15.3. The van der Waals surface area contributed by atoms with Crippen LogP contribution in [-0.4, -0.2) is 35.1 Å². The molecule has 1 unspecified atom stereocenters. The van der Waals surface area contributed by atoms with Crippen molar-refractivity contribution in [2.24, 2.45) is 11.3 Å². The SMILES string of the molecule is CC(C)(C)OC(=O)N[C@H](C=O)C(C(=O)O)C(C)(C)C. The molecule has 0 aliphatic heterocycles. The fourth-order valence-corrected chi connectivity index (χ4v) is 1.70. The van der Waals surface area contributed by atoms with Crippen molar-refractivity contribution >= 4 is 18.3 Å². The first-order chi connectivity index (χ1) is 8.38. The van der Waals surface area contributed by atoms with E-state index in [9.17, 15) is 19.5 Å². The highest BCUT2D eigenvalue weighted by Crippen LogP contribution is 2.28. The van der Waals surface area contributed by atoms with Gasteiger partial charge in [0.2, 0.25) is 0 Å². The Morgan fingerprint density at radius 3 is 1.89 bits per heavy atom. The van der Waals surface area contributed by atoms with E-state index in [0.717, 1.165) is 0 Å². The lowest BCUT2D eigenvalue weighted by Crippen LogP contribution is -2.50. The number of aldehydes is 1. The zero-order valence-corrected chi connectivity index (χ0v) is 12.3. The van der Waals surface area contributed by atoms with Crippen LogP contribution in [0, 0.1) is 11.3 Å². The number of carbonyl (C=O) groups excluding carboxylic acids is 2. The van der Waals surface area contributed by atoms with E-state index in [4.69, 9.17) is 4.74 Å². The number of aliphatic carboxylic acids is 1. The monoisotopic (exact) mass is 273 g/mol. The number of carboxylic acids is 1. The molecule has 19 heavy (non-hydrogen) atoms. The summed E-state index contributed by atoms with van der Waals surface area (Å²) in [6.07, 6.45) is -0.381. The van der Waals surface area contributed by atoms with Gasteiger partial charge in [-0.05, 0) is 26.2 Å². The number of alkyl carbamates (subject to hydrolysis) is 1. The Labute approximate surface area is 113 Å². The van der Waals surface area contributed by atoms with Crippen molar-refractivity contribution in [2.75, 3.05) is 0 Å². The first-order valence-electron chi connectivity index (χ1n) is 6.06. The van der Waals surface area contributed by atoms with Gasteiger partial charge in [0, 0.05) is 0 Å². The molecule has 6 heteroatoms. The second-order valence-corrected chi connectivity index (χ2v) is 6.49. The van der Waals surface area contributed by atoms with Crippen molar-refractivity contribution in [3.63, 3.8) is 0 Å². The molecule has 0 rings (SSSR count). The predicted octanol–water partition coefficient (Wildman–Crippen LogP) is 1.83. The van der Waals surface area contributed by atoms with E-state index in [1.807, 2.05) is 0 Å². The van der Waals surface area contributed by atoms with Gasteiger partial charge in [-0.2, -0.15) is 0 Å². The third kappa shape index (κ3) is 6.22. The summed E-state index contributed by atoms with van der Waals surface area (Å²) in [5.74, 6) is -2.17. The van der Waals surface area contributed by atoms with Gasteiger partial charge in [0.1, 0.15) is 17.9 Å². The Bertz CT molecular complexity index is 351. The van der Waals surface area contributed by atoms with Crippen LogP contribution in [-0.2, 0) is 14.3 Å². The van der Waals surface area contributed by atoms with Crippen molar-refractivity contribution in [2.45, 2.75) is 53.2 Å². The summed E-state index contributed by atoms with van der Waals surface area (Å²) in [6, 6.07) is -1.13. The van der Waals surface area contributed by atoms with Crippen LogP contribution in [0.5, 0.6) is 0 Å². The molecule has 0 spiro atoms. The highest BCUT2D eigenvalue weighted by atomic mass is 16.6. The second kappa shape index (κ2) is 6.04. The maximum atomic E-state index is 11.6. The largest absolute Gasteiger partial charge is 0.481 e. The highest BCUT2D eigenvalue weighted by molar-refractivity contribution is 5.81. The van der Waals surface area contributed by atoms with Crippen LogP contribution in [0.15, 0.2) is 0 Å². The number of amides is 1. The number of hydrogen-bond acceptors (Lipinski definition) is 4. The molecule has 0 aromatic heterocycles. The lowest BCUT2D eigenvalue weighted by molar-refractivity contribution is -0.148. The van der Waals surface area contributed by atoms with Crippen molar-refractivity contribution in [1.29, 1.82) is 0 Å². The number of ether oxygens (including phenoxy) is 1. The lowest BCUT2D eigenvalue weighted by Gasteiger charge is -2.32. The summed E-state index contributed by atoms with van der Waals surface area (Å²) >= 11 is 0. The van der Waals surface area contributed by atoms with E-state index in [0.29, 0.717) is 6.29 Å². The van der Waals surface area contributed by atoms with Crippen LogP contribution in [0.25, 0.3) is 0 Å². The van der Waals surface area contributed by atoms with Crippen LogP contribution < -0.4 is 5.32 Å².